The predicted octanol–water partition coefficient (Wildman–Crippen LogP) is 6.04. The van der Waals surface area contributed by atoms with E-state index in [2.05, 4.69) is 0 Å². The number of anilines is 1. The number of esters is 1. The van der Waals surface area contributed by atoms with Crippen LogP contribution in [0.2, 0.25) is 10.0 Å². The SMILES string of the molecule is CCOC(=O)Cc1ccc(N2C(=O)C(=O)/C(=C(/O)c3cc(Cl)c(OC)c(Cl)c3)C2c2cccc(C)c2)cc1. The number of ketones is 1. The van der Waals surface area contributed by atoms with E-state index in [1.54, 1.807) is 37.3 Å². The minimum atomic E-state index is -0.926. The lowest BCUT2D eigenvalue weighted by Crippen LogP contribution is -2.29. The summed E-state index contributed by atoms with van der Waals surface area (Å²) in [5.41, 5.74) is 2.73. The first-order valence-electron chi connectivity index (χ1n) is 11.8. The van der Waals surface area contributed by atoms with E-state index in [0.717, 1.165) is 5.56 Å². The second-order valence-electron chi connectivity index (χ2n) is 8.70. The Kier molecular flexibility index (Phi) is 8.09. The summed E-state index contributed by atoms with van der Waals surface area (Å²) < 4.78 is 10.2. The smallest absolute Gasteiger partial charge is 0.310 e. The third-order valence-electron chi connectivity index (χ3n) is 6.15. The average Bonchev–Trinajstić information content (AvgIpc) is 3.14. The highest BCUT2D eigenvalue weighted by atomic mass is 35.5. The summed E-state index contributed by atoms with van der Waals surface area (Å²) >= 11 is 12.6. The molecule has 38 heavy (non-hydrogen) atoms. The van der Waals surface area contributed by atoms with Crippen molar-refractivity contribution in [3.63, 3.8) is 0 Å². The largest absolute Gasteiger partial charge is 0.507 e. The number of carbonyl (C=O) groups is 3. The zero-order chi connectivity index (χ0) is 27.6. The average molecular weight is 554 g/mol. The summed E-state index contributed by atoms with van der Waals surface area (Å²) in [6.45, 7) is 3.91. The molecule has 7 nitrogen and oxygen atoms in total. The molecule has 0 aliphatic carbocycles. The second kappa shape index (κ2) is 11.3. The van der Waals surface area contributed by atoms with Crippen molar-refractivity contribution in [2.24, 2.45) is 0 Å². The fraction of sp³-hybridized carbons (Fsp3) is 0.207. The molecule has 1 N–H and O–H groups in total. The van der Waals surface area contributed by atoms with Crippen LogP contribution in [0.15, 0.2) is 66.2 Å². The van der Waals surface area contributed by atoms with Gasteiger partial charge in [-0.15, -0.1) is 0 Å². The minimum Gasteiger partial charge on any atom is -0.507 e. The molecule has 1 atom stereocenters. The van der Waals surface area contributed by atoms with Gasteiger partial charge in [-0.2, -0.15) is 0 Å². The number of amides is 1. The monoisotopic (exact) mass is 553 g/mol. The number of hydrogen-bond donors (Lipinski definition) is 1. The van der Waals surface area contributed by atoms with Crippen LogP contribution >= 0.6 is 23.2 Å². The van der Waals surface area contributed by atoms with E-state index in [1.165, 1.54) is 24.1 Å². The first-order valence-corrected chi connectivity index (χ1v) is 12.6. The van der Waals surface area contributed by atoms with Crippen LogP contribution in [0.5, 0.6) is 5.75 Å². The number of aryl methyl sites for hydroxylation is 1. The van der Waals surface area contributed by atoms with Gasteiger partial charge >= 0.3 is 5.97 Å². The van der Waals surface area contributed by atoms with Crippen LogP contribution in [0, 0.1) is 6.92 Å². The van der Waals surface area contributed by atoms with Gasteiger partial charge in [0.15, 0.2) is 5.75 Å². The molecular formula is C29H25Cl2NO6. The highest BCUT2D eigenvalue weighted by molar-refractivity contribution is 6.51. The van der Waals surface area contributed by atoms with Crippen molar-refractivity contribution in [2.75, 3.05) is 18.6 Å². The van der Waals surface area contributed by atoms with E-state index in [0.29, 0.717) is 16.8 Å². The molecule has 4 rings (SSSR count). The van der Waals surface area contributed by atoms with Gasteiger partial charge in [-0.3, -0.25) is 19.3 Å². The Morgan fingerprint density at radius 1 is 1.03 bits per heavy atom. The highest BCUT2D eigenvalue weighted by Gasteiger charge is 2.47. The maximum Gasteiger partial charge on any atom is 0.310 e. The van der Waals surface area contributed by atoms with Crippen molar-refractivity contribution in [1.29, 1.82) is 0 Å². The highest BCUT2D eigenvalue weighted by Crippen LogP contribution is 2.44. The van der Waals surface area contributed by atoms with Gasteiger partial charge in [0.2, 0.25) is 0 Å². The number of hydrogen-bond acceptors (Lipinski definition) is 6. The quantitative estimate of drug-likeness (QED) is 0.166. The molecule has 1 unspecified atom stereocenters. The van der Waals surface area contributed by atoms with E-state index in [9.17, 15) is 19.5 Å². The molecule has 1 aliphatic heterocycles. The molecule has 1 aliphatic rings. The lowest BCUT2D eigenvalue weighted by Gasteiger charge is -2.26. The molecule has 0 bridgehead atoms. The van der Waals surface area contributed by atoms with Gasteiger partial charge in [0.05, 0.1) is 41.8 Å². The van der Waals surface area contributed by atoms with Gasteiger partial charge < -0.3 is 14.6 Å². The number of benzene rings is 3. The Bertz CT molecular complexity index is 1420. The van der Waals surface area contributed by atoms with Crippen LogP contribution in [-0.4, -0.2) is 36.5 Å². The van der Waals surface area contributed by atoms with Gasteiger partial charge in [0, 0.05) is 11.3 Å². The van der Waals surface area contributed by atoms with Crippen LogP contribution in [0.25, 0.3) is 5.76 Å². The van der Waals surface area contributed by atoms with E-state index in [4.69, 9.17) is 32.7 Å². The van der Waals surface area contributed by atoms with E-state index in [-0.39, 0.29) is 45.9 Å². The van der Waals surface area contributed by atoms with Gasteiger partial charge in [0.1, 0.15) is 5.76 Å². The third kappa shape index (κ3) is 5.26. The molecule has 9 heteroatoms. The Balaban J connectivity index is 1.85. The summed E-state index contributed by atoms with van der Waals surface area (Å²) in [5, 5.41) is 11.6. The molecule has 1 fully saturated rings. The van der Waals surface area contributed by atoms with Crippen LogP contribution in [0.1, 0.15) is 35.2 Å². The molecule has 196 valence electrons. The fourth-order valence-corrected chi connectivity index (χ4v) is 5.10. The molecule has 0 aromatic heterocycles. The zero-order valence-electron chi connectivity index (χ0n) is 21.0. The molecule has 0 saturated carbocycles. The Morgan fingerprint density at radius 2 is 1.68 bits per heavy atom. The molecular weight excluding hydrogens is 529 g/mol. The molecule has 0 radical (unpaired) electrons. The van der Waals surface area contributed by atoms with E-state index >= 15 is 0 Å². The number of nitrogens with zero attached hydrogens (tertiary/aromatic N) is 1. The Morgan fingerprint density at radius 3 is 2.26 bits per heavy atom. The van der Waals surface area contributed by atoms with Gasteiger partial charge in [-0.25, -0.2) is 0 Å². The molecule has 3 aromatic carbocycles. The number of rotatable bonds is 7. The molecule has 1 amide bonds. The molecule has 1 saturated heterocycles. The predicted molar refractivity (Wildman–Crippen MR) is 146 cm³/mol. The molecule has 1 heterocycles. The topological polar surface area (TPSA) is 93.1 Å². The van der Waals surface area contributed by atoms with Gasteiger partial charge in [-0.1, -0.05) is 65.2 Å². The van der Waals surface area contributed by atoms with Crippen molar-refractivity contribution >= 4 is 52.3 Å². The summed E-state index contributed by atoms with van der Waals surface area (Å²) in [5.74, 6) is -2.21. The summed E-state index contributed by atoms with van der Waals surface area (Å²) in [6.07, 6.45) is 0.0766. The Labute approximate surface area is 230 Å². The minimum absolute atomic E-state index is 0.0766. The Hall–Kier alpha value is -3.81. The lowest BCUT2D eigenvalue weighted by molar-refractivity contribution is -0.142. The third-order valence-corrected chi connectivity index (χ3v) is 6.71. The van der Waals surface area contributed by atoms with E-state index < -0.39 is 23.5 Å². The van der Waals surface area contributed by atoms with Gasteiger partial charge in [0.25, 0.3) is 11.7 Å². The number of Topliss-reactive ketones (excluding diaryl/α,β-unsaturated/α-hetero) is 1. The maximum absolute atomic E-state index is 13.4. The first-order chi connectivity index (χ1) is 18.2. The number of carbonyl (C=O) groups excluding carboxylic acids is 3. The number of aliphatic hydroxyl groups is 1. The molecule has 3 aromatic rings. The zero-order valence-corrected chi connectivity index (χ0v) is 22.5. The second-order valence-corrected chi connectivity index (χ2v) is 9.52. The standard InChI is InChI=1S/C29H25Cl2NO6/c1-4-38-23(33)13-17-8-10-20(11-9-17)32-25(18-7-5-6-16(2)12-18)24(27(35)29(32)36)26(34)19-14-21(30)28(37-3)22(31)15-19/h5-12,14-15,25,34H,4,13H2,1-3H3/b26-24+. The first kappa shape index (κ1) is 27.2. The van der Waals surface area contributed by atoms with Crippen molar-refractivity contribution in [1.82, 2.24) is 0 Å². The van der Waals surface area contributed by atoms with Crippen molar-refractivity contribution < 1.29 is 29.0 Å². The lowest BCUT2D eigenvalue weighted by atomic mass is 9.94. The number of methoxy groups -OCH3 is 1. The summed E-state index contributed by atoms with van der Waals surface area (Å²) in [4.78, 5) is 40.0. The fourth-order valence-electron chi connectivity index (χ4n) is 4.45. The van der Waals surface area contributed by atoms with Crippen LogP contribution in [-0.2, 0) is 25.5 Å². The molecule has 0 spiro atoms. The van der Waals surface area contributed by atoms with Crippen molar-refractivity contribution in [2.45, 2.75) is 26.3 Å². The maximum atomic E-state index is 13.4. The summed E-state index contributed by atoms with van der Waals surface area (Å²) in [7, 11) is 1.41. The van der Waals surface area contributed by atoms with Gasteiger partial charge in [-0.05, 0) is 49.2 Å². The van der Waals surface area contributed by atoms with Crippen LogP contribution < -0.4 is 9.64 Å². The van der Waals surface area contributed by atoms with E-state index in [1.807, 2.05) is 25.1 Å². The number of ether oxygens (including phenoxy) is 2. The van der Waals surface area contributed by atoms with Crippen molar-refractivity contribution in [3.8, 4) is 5.75 Å². The number of aliphatic hydroxyl groups excluding tert-OH is 1. The van der Waals surface area contributed by atoms with Crippen molar-refractivity contribution in [3.05, 3.63) is 98.5 Å². The number of halogens is 2. The normalized spacial score (nSPS) is 16.6. The van der Waals surface area contributed by atoms with Crippen LogP contribution in [0.4, 0.5) is 5.69 Å². The summed E-state index contributed by atoms with van der Waals surface area (Å²) in [6, 6.07) is 16.0. The van der Waals surface area contributed by atoms with Crippen LogP contribution in [0.3, 0.4) is 0 Å².